The second-order valence-corrected chi connectivity index (χ2v) is 5.49. The van der Waals surface area contributed by atoms with Crippen LogP contribution in [0.2, 0.25) is 0 Å². The quantitative estimate of drug-likeness (QED) is 0.899. The molecule has 2 aromatic rings. The maximum absolute atomic E-state index is 14.3. The van der Waals surface area contributed by atoms with Crippen molar-refractivity contribution in [2.45, 2.75) is 32.7 Å². The maximum Gasteiger partial charge on any atom is 0.227 e. The number of hydrogen-bond acceptors (Lipinski definition) is 1. The van der Waals surface area contributed by atoms with Gasteiger partial charge in [0, 0.05) is 11.6 Å². The van der Waals surface area contributed by atoms with Gasteiger partial charge in [0.25, 0.3) is 0 Å². The molecule has 0 spiro atoms. The van der Waals surface area contributed by atoms with Gasteiger partial charge in [-0.05, 0) is 38.0 Å². The second-order valence-electron chi connectivity index (χ2n) is 5.49. The third-order valence-corrected chi connectivity index (χ3v) is 3.40. The average Bonchev–Trinajstić information content (AvgIpc) is 2.46. The highest BCUT2D eigenvalue weighted by molar-refractivity contribution is 5.83. The molecular weight excluding hydrogens is 265 g/mol. The standard InChI is InChI=1S/C18H20FNO/c1-12(2)20-18(21)13(3)15-9-10-16(17(19)11-15)14-7-5-4-6-8-14/h4-13H,1-3H3,(H,20,21)/t13-/m1/s1. The molecule has 0 unspecified atom stereocenters. The third-order valence-electron chi connectivity index (χ3n) is 3.40. The lowest BCUT2D eigenvalue weighted by Gasteiger charge is -2.15. The van der Waals surface area contributed by atoms with Crippen LogP contribution in [-0.2, 0) is 4.79 Å². The Kier molecular flexibility index (Phi) is 4.73. The first-order chi connectivity index (χ1) is 9.99. The van der Waals surface area contributed by atoms with Crippen molar-refractivity contribution in [3.05, 3.63) is 59.9 Å². The zero-order chi connectivity index (χ0) is 15.4. The first-order valence-corrected chi connectivity index (χ1v) is 7.14. The van der Waals surface area contributed by atoms with Gasteiger partial charge in [0.15, 0.2) is 0 Å². The number of carbonyl (C=O) groups excluding carboxylic acids is 1. The van der Waals surface area contributed by atoms with Crippen LogP contribution in [-0.4, -0.2) is 11.9 Å². The maximum atomic E-state index is 14.3. The van der Waals surface area contributed by atoms with E-state index in [-0.39, 0.29) is 23.7 Å². The summed E-state index contributed by atoms with van der Waals surface area (Å²) in [4.78, 5) is 12.0. The van der Waals surface area contributed by atoms with E-state index in [2.05, 4.69) is 5.32 Å². The van der Waals surface area contributed by atoms with Gasteiger partial charge in [-0.15, -0.1) is 0 Å². The molecule has 2 rings (SSSR count). The monoisotopic (exact) mass is 285 g/mol. The molecule has 0 saturated carbocycles. The van der Waals surface area contributed by atoms with Crippen molar-refractivity contribution in [3.63, 3.8) is 0 Å². The highest BCUT2D eigenvalue weighted by Crippen LogP contribution is 2.26. The number of carbonyl (C=O) groups is 1. The van der Waals surface area contributed by atoms with E-state index >= 15 is 0 Å². The summed E-state index contributed by atoms with van der Waals surface area (Å²) >= 11 is 0. The molecule has 0 radical (unpaired) electrons. The Labute approximate surface area is 125 Å². The molecule has 0 fully saturated rings. The molecule has 2 aromatic carbocycles. The van der Waals surface area contributed by atoms with Crippen LogP contribution in [0.25, 0.3) is 11.1 Å². The number of nitrogens with one attached hydrogen (secondary N) is 1. The second kappa shape index (κ2) is 6.53. The summed E-state index contributed by atoms with van der Waals surface area (Å²) < 4.78 is 14.3. The smallest absolute Gasteiger partial charge is 0.227 e. The van der Waals surface area contributed by atoms with E-state index in [1.807, 2.05) is 50.2 Å². The number of hydrogen-bond donors (Lipinski definition) is 1. The van der Waals surface area contributed by atoms with E-state index in [0.29, 0.717) is 11.1 Å². The normalized spacial score (nSPS) is 12.2. The highest BCUT2D eigenvalue weighted by Gasteiger charge is 2.17. The summed E-state index contributed by atoms with van der Waals surface area (Å²) in [6.45, 7) is 5.60. The molecule has 1 atom stereocenters. The van der Waals surface area contributed by atoms with Gasteiger partial charge in [-0.2, -0.15) is 0 Å². The molecule has 1 N–H and O–H groups in total. The molecule has 0 aromatic heterocycles. The van der Waals surface area contributed by atoms with E-state index in [1.165, 1.54) is 6.07 Å². The summed E-state index contributed by atoms with van der Waals surface area (Å²) in [5, 5.41) is 2.85. The SMILES string of the molecule is CC(C)NC(=O)[C@H](C)c1ccc(-c2ccccc2)c(F)c1. The lowest BCUT2D eigenvalue weighted by Crippen LogP contribution is -2.33. The van der Waals surface area contributed by atoms with Crippen molar-refractivity contribution >= 4 is 5.91 Å². The highest BCUT2D eigenvalue weighted by atomic mass is 19.1. The summed E-state index contributed by atoms with van der Waals surface area (Å²) in [5.41, 5.74) is 2.07. The van der Waals surface area contributed by atoms with Crippen LogP contribution in [0.4, 0.5) is 4.39 Å². The molecule has 0 aliphatic heterocycles. The topological polar surface area (TPSA) is 29.1 Å². The first-order valence-electron chi connectivity index (χ1n) is 7.14. The Balaban J connectivity index is 2.25. The fourth-order valence-corrected chi connectivity index (χ4v) is 2.21. The van der Waals surface area contributed by atoms with Gasteiger partial charge in [-0.25, -0.2) is 4.39 Å². The lowest BCUT2D eigenvalue weighted by molar-refractivity contribution is -0.122. The lowest BCUT2D eigenvalue weighted by atomic mass is 9.96. The van der Waals surface area contributed by atoms with Crippen LogP contribution in [0.5, 0.6) is 0 Å². The van der Waals surface area contributed by atoms with Crippen LogP contribution in [0.15, 0.2) is 48.5 Å². The number of rotatable bonds is 4. The van der Waals surface area contributed by atoms with Crippen molar-refractivity contribution in [1.82, 2.24) is 5.32 Å². The van der Waals surface area contributed by atoms with Gasteiger partial charge in [-0.1, -0.05) is 42.5 Å². The van der Waals surface area contributed by atoms with Crippen LogP contribution in [0.1, 0.15) is 32.3 Å². The minimum absolute atomic E-state index is 0.0772. The molecule has 0 aliphatic carbocycles. The Morgan fingerprint density at radius 3 is 2.29 bits per heavy atom. The largest absolute Gasteiger partial charge is 0.353 e. The number of benzene rings is 2. The van der Waals surface area contributed by atoms with Crippen molar-refractivity contribution in [1.29, 1.82) is 0 Å². The minimum atomic E-state index is -0.369. The molecule has 0 bridgehead atoms. The zero-order valence-electron chi connectivity index (χ0n) is 12.6. The van der Waals surface area contributed by atoms with E-state index in [4.69, 9.17) is 0 Å². The molecule has 2 nitrogen and oxygen atoms in total. The van der Waals surface area contributed by atoms with Gasteiger partial charge in [0.2, 0.25) is 5.91 Å². The fourth-order valence-electron chi connectivity index (χ4n) is 2.21. The van der Waals surface area contributed by atoms with E-state index in [1.54, 1.807) is 13.0 Å². The van der Waals surface area contributed by atoms with Crippen LogP contribution >= 0.6 is 0 Å². The minimum Gasteiger partial charge on any atom is -0.353 e. The van der Waals surface area contributed by atoms with Crippen LogP contribution < -0.4 is 5.32 Å². The van der Waals surface area contributed by atoms with Crippen molar-refractivity contribution in [3.8, 4) is 11.1 Å². The average molecular weight is 285 g/mol. The molecule has 3 heteroatoms. The van der Waals surface area contributed by atoms with Gasteiger partial charge in [0.1, 0.15) is 5.82 Å². The van der Waals surface area contributed by atoms with Gasteiger partial charge >= 0.3 is 0 Å². The summed E-state index contributed by atoms with van der Waals surface area (Å²) in [7, 11) is 0. The van der Waals surface area contributed by atoms with E-state index in [9.17, 15) is 9.18 Å². The molecule has 1 amide bonds. The zero-order valence-corrected chi connectivity index (χ0v) is 12.6. The van der Waals surface area contributed by atoms with Gasteiger partial charge in [-0.3, -0.25) is 4.79 Å². The number of amides is 1. The van der Waals surface area contributed by atoms with Crippen molar-refractivity contribution < 1.29 is 9.18 Å². The summed E-state index contributed by atoms with van der Waals surface area (Å²) in [6.07, 6.45) is 0. The van der Waals surface area contributed by atoms with Crippen molar-refractivity contribution in [2.75, 3.05) is 0 Å². The first kappa shape index (κ1) is 15.2. The molecule has 0 aliphatic rings. The summed E-state index contributed by atoms with van der Waals surface area (Å²) in [5.74, 6) is -0.758. The molecular formula is C18H20FNO. The Bertz CT molecular complexity index is 622. The molecule has 110 valence electrons. The van der Waals surface area contributed by atoms with E-state index < -0.39 is 0 Å². The van der Waals surface area contributed by atoms with Gasteiger partial charge in [0.05, 0.1) is 5.92 Å². The molecule has 21 heavy (non-hydrogen) atoms. The van der Waals surface area contributed by atoms with E-state index in [0.717, 1.165) is 5.56 Å². The third kappa shape index (κ3) is 3.69. The molecule has 0 heterocycles. The predicted octanol–water partition coefficient (Wildman–Crippen LogP) is 4.12. The van der Waals surface area contributed by atoms with Gasteiger partial charge < -0.3 is 5.32 Å². The fraction of sp³-hybridized carbons (Fsp3) is 0.278. The molecule has 0 saturated heterocycles. The predicted molar refractivity (Wildman–Crippen MR) is 83.5 cm³/mol. The Morgan fingerprint density at radius 1 is 1.05 bits per heavy atom. The van der Waals surface area contributed by atoms with Crippen LogP contribution in [0.3, 0.4) is 0 Å². The van der Waals surface area contributed by atoms with Crippen LogP contribution in [0, 0.1) is 5.82 Å². The van der Waals surface area contributed by atoms with Crippen molar-refractivity contribution in [2.24, 2.45) is 0 Å². The summed E-state index contributed by atoms with van der Waals surface area (Å²) in [6, 6.07) is 14.5. The Morgan fingerprint density at radius 2 is 1.71 bits per heavy atom. The number of halogens is 1. The Hall–Kier alpha value is -2.16.